The monoisotopic (exact) mass is 389 g/mol. The van der Waals surface area contributed by atoms with E-state index in [9.17, 15) is 9.59 Å². The maximum atomic E-state index is 12.3. The van der Waals surface area contributed by atoms with Crippen LogP contribution in [0.4, 0.5) is 5.69 Å². The zero-order chi connectivity index (χ0) is 19.8. The number of carbonyl (C=O) groups is 2. The minimum atomic E-state index is -0.440. The molecule has 0 spiro atoms. The normalized spacial score (nSPS) is 10.9. The van der Waals surface area contributed by atoms with Crippen molar-refractivity contribution < 1.29 is 19.1 Å². The molecule has 0 fully saturated rings. The molecule has 2 N–H and O–H groups in total. The maximum absolute atomic E-state index is 12.3. The molecule has 0 atom stereocenters. The van der Waals surface area contributed by atoms with Crippen molar-refractivity contribution in [3.05, 3.63) is 53.1 Å². The Morgan fingerprint density at radius 3 is 2.19 bits per heavy atom. The molecule has 0 saturated carbocycles. The lowest BCUT2D eigenvalue weighted by Gasteiger charge is -2.08. The fourth-order valence-electron chi connectivity index (χ4n) is 2.16. The summed E-state index contributed by atoms with van der Waals surface area (Å²) >= 11 is 5.80. The number of ether oxygens (including phenoxy) is 2. The number of amides is 2. The number of nitrogens with zero attached hydrogens (tertiary/aromatic N) is 1. The minimum absolute atomic E-state index is 0.0321. The summed E-state index contributed by atoms with van der Waals surface area (Å²) in [4.78, 5) is 24.3. The first-order valence-electron chi connectivity index (χ1n) is 8.03. The van der Waals surface area contributed by atoms with Crippen molar-refractivity contribution in [1.29, 1.82) is 0 Å². The first kappa shape index (κ1) is 20.3. The number of rotatable bonds is 7. The fraction of sp³-hybridized carbons (Fsp3) is 0.211. The average molecular weight is 390 g/mol. The molecule has 7 nitrogen and oxygen atoms in total. The van der Waals surface area contributed by atoms with Gasteiger partial charge in [0.15, 0.2) is 0 Å². The highest BCUT2D eigenvalue weighted by Gasteiger charge is 2.10. The zero-order valence-electron chi connectivity index (χ0n) is 15.2. The molecule has 2 rings (SSSR count). The van der Waals surface area contributed by atoms with Gasteiger partial charge in [0.25, 0.3) is 5.91 Å². The number of hydrogen-bond donors (Lipinski definition) is 2. The van der Waals surface area contributed by atoms with Gasteiger partial charge >= 0.3 is 0 Å². The van der Waals surface area contributed by atoms with E-state index in [0.29, 0.717) is 33.5 Å². The van der Waals surface area contributed by atoms with Crippen LogP contribution in [-0.4, -0.2) is 31.7 Å². The summed E-state index contributed by atoms with van der Waals surface area (Å²) in [6, 6.07) is 11.6. The average Bonchev–Trinajstić information content (AvgIpc) is 2.67. The van der Waals surface area contributed by atoms with Gasteiger partial charge in [-0.2, -0.15) is 5.10 Å². The van der Waals surface area contributed by atoms with Gasteiger partial charge in [-0.3, -0.25) is 9.59 Å². The van der Waals surface area contributed by atoms with E-state index in [4.69, 9.17) is 21.1 Å². The summed E-state index contributed by atoms with van der Waals surface area (Å²) in [7, 11) is 3.00. The number of nitrogens with one attached hydrogen (secondary N) is 2. The first-order valence-corrected chi connectivity index (χ1v) is 8.41. The molecule has 0 aromatic heterocycles. The Kier molecular flexibility index (Phi) is 7.19. The molecular formula is C19H20ClN3O4. The molecule has 8 heteroatoms. The van der Waals surface area contributed by atoms with E-state index < -0.39 is 5.91 Å². The first-order chi connectivity index (χ1) is 12.9. The lowest BCUT2D eigenvalue weighted by molar-refractivity contribution is -0.115. The third-order valence-corrected chi connectivity index (χ3v) is 3.76. The van der Waals surface area contributed by atoms with Crippen molar-refractivity contribution in [1.82, 2.24) is 5.43 Å². The molecule has 0 aliphatic rings. The van der Waals surface area contributed by atoms with Gasteiger partial charge in [0.2, 0.25) is 5.91 Å². The summed E-state index contributed by atoms with van der Waals surface area (Å²) < 4.78 is 10.3. The van der Waals surface area contributed by atoms with E-state index in [-0.39, 0.29) is 12.3 Å². The van der Waals surface area contributed by atoms with Gasteiger partial charge in [-0.1, -0.05) is 11.6 Å². The maximum Gasteiger partial charge on any atom is 0.271 e. The molecule has 2 aromatic carbocycles. The Hall–Kier alpha value is -3.06. The predicted octanol–water partition coefficient (Wildman–Crippen LogP) is 3.49. The topological polar surface area (TPSA) is 89.0 Å². The van der Waals surface area contributed by atoms with E-state index in [1.165, 1.54) is 14.2 Å². The molecule has 27 heavy (non-hydrogen) atoms. The van der Waals surface area contributed by atoms with Gasteiger partial charge in [0.1, 0.15) is 11.5 Å². The van der Waals surface area contributed by atoms with Crippen LogP contribution < -0.4 is 20.2 Å². The van der Waals surface area contributed by atoms with Crippen molar-refractivity contribution in [2.45, 2.75) is 13.3 Å². The molecule has 142 valence electrons. The number of halogens is 1. The van der Waals surface area contributed by atoms with Crippen molar-refractivity contribution in [3.8, 4) is 11.5 Å². The Morgan fingerprint density at radius 1 is 1.04 bits per heavy atom. The number of methoxy groups -OCH3 is 2. The summed E-state index contributed by atoms with van der Waals surface area (Å²) in [6.07, 6.45) is 0.0321. The SMILES string of the molecule is COc1cc(OC)cc(C(=O)N/N=C(\C)CC(=O)Nc2ccc(Cl)cc2)c1. The van der Waals surface area contributed by atoms with Crippen LogP contribution in [0.2, 0.25) is 5.02 Å². The van der Waals surface area contributed by atoms with Gasteiger partial charge in [0, 0.05) is 28.1 Å². The largest absolute Gasteiger partial charge is 0.497 e. The van der Waals surface area contributed by atoms with Crippen molar-refractivity contribution in [2.75, 3.05) is 19.5 Å². The Morgan fingerprint density at radius 2 is 1.63 bits per heavy atom. The molecule has 0 bridgehead atoms. The highest BCUT2D eigenvalue weighted by atomic mass is 35.5. The van der Waals surface area contributed by atoms with E-state index in [0.717, 1.165) is 0 Å². The van der Waals surface area contributed by atoms with E-state index >= 15 is 0 Å². The molecule has 0 aliphatic carbocycles. The second kappa shape index (κ2) is 9.59. The molecule has 2 aromatic rings. The number of anilines is 1. The summed E-state index contributed by atoms with van der Waals surface area (Å²) in [5.41, 5.74) is 3.82. The summed E-state index contributed by atoms with van der Waals surface area (Å²) in [6.45, 7) is 1.65. The van der Waals surface area contributed by atoms with Crippen LogP contribution in [0.15, 0.2) is 47.6 Å². The summed E-state index contributed by atoms with van der Waals surface area (Å²) in [5, 5.41) is 7.27. The number of hydrazone groups is 1. The van der Waals surface area contributed by atoms with E-state index in [1.807, 2.05) is 0 Å². The van der Waals surface area contributed by atoms with Gasteiger partial charge < -0.3 is 14.8 Å². The second-order valence-corrected chi connectivity index (χ2v) is 6.06. The smallest absolute Gasteiger partial charge is 0.271 e. The molecular weight excluding hydrogens is 370 g/mol. The molecule has 2 amide bonds. The van der Waals surface area contributed by atoms with E-state index in [1.54, 1.807) is 49.4 Å². The number of hydrogen-bond acceptors (Lipinski definition) is 5. The lowest BCUT2D eigenvalue weighted by atomic mass is 10.2. The van der Waals surface area contributed by atoms with Crippen LogP contribution in [0.5, 0.6) is 11.5 Å². The highest BCUT2D eigenvalue weighted by molar-refractivity contribution is 6.30. The van der Waals surface area contributed by atoms with Crippen LogP contribution in [0.3, 0.4) is 0 Å². The molecule has 0 unspecified atom stereocenters. The molecule has 0 saturated heterocycles. The van der Waals surface area contributed by atoms with Gasteiger partial charge in [0.05, 0.1) is 20.6 Å². The summed E-state index contributed by atoms with van der Waals surface area (Å²) in [5.74, 6) is 0.283. The Balaban J connectivity index is 1.95. The van der Waals surface area contributed by atoms with Gasteiger partial charge in [-0.05, 0) is 43.3 Å². The third kappa shape index (κ3) is 6.31. The van der Waals surface area contributed by atoms with Gasteiger partial charge in [-0.25, -0.2) is 5.43 Å². The quantitative estimate of drug-likeness (QED) is 0.560. The van der Waals surface area contributed by atoms with Crippen LogP contribution in [-0.2, 0) is 4.79 Å². The fourth-order valence-corrected chi connectivity index (χ4v) is 2.29. The lowest BCUT2D eigenvalue weighted by Crippen LogP contribution is -2.21. The van der Waals surface area contributed by atoms with Gasteiger partial charge in [-0.15, -0.1) is 0 Å². The number of benzene rings is 2. The standard InChI is InChI=1S/C19H20ClN3O4/c1-12(8-18(24)21-15-6-4-14(20)5-7-15)22-23-19(25)13-9-16(26-2)11-17(10-13)27-3/h4-7,9-11H,8H2,1-3H3,(H,21,24)(H,23,25)/b22-12+. The second-order valence-electron chi connectivity index (χ2n) is 5.62. The van der Waals surface area contributed by atoms with E-state index in [2.05, 4.69) is 15.8 Å². The van der Waals surface area contributed by atoms with Crippen LogP contribution in [0.1, 0.15) is 23.7 Å². The Labute approximate surface area is 162 Å². The molecule has 0 radical (unpaired) electrons. The predicted molar refractivity (Wildman–Crippen MR) is 105 cm³/mol. The molecule has 0 heterocycles. The number of carbonyl (C=O) groups excluding carboxylic acids is 2. The molecule has 0 aliphatic heterocycles. The van der Waals surface area contributed by atoms with Crippen LogP contribution in [0, 0.1) is 0 Å². The van der Waals surface area contributed by atoms with Crippen LogP contribution in [0.25, 0.3) is 0 Å². The van der Waals surface area contributed by atoms with Crippen molar-refractivity contribution in [2.24, 2.45) is 5.10 Å². The third-order valence-electron chi connectivity index (χ3n) is 3.51. The van der Waals surface area contributed by atoms with Crippen LogP contribution >= 0.6 is 11.6 Å². The Bertz CT molecular complexity index is 828. The van der Waals surface area contributed by atoms with Crippen molar-refractivity contribution >= 4 is 34.8 Å². The highest BCUT2D eigenvalue weighted by Crippen LogP contribution is 2.22. The zero-order valence-corrected chi connectivity index (χ0v) is 16.0. The minimum Gasteiger partial charge on any atom is -0.497 e. The van der Waals surface area contributed by atoms with Crippen molar-refractivity contribution in [3.63, 3.8) is 0 Å².